The predicted octanol–water partition coefficient (Wildman–Crippen LogP) is 2.67. The maximum atomic E-state index is 6.28. The summed E-state index contributed by atoms with van der Waals surface area (Å²) in [6.07, 6.45) is 5.64. The van der Waals surface area contributed by atoms with E-state index in [1.807, 2.05) is 19.4 Å². The second-order valence-electron chi connectivity index (χ2n) is 4.96. The van der Waals surface area contributed by atoms with Crippen LogP contribution < -0.4 is 5.73 Å². The van der Waals surface area contributed by atoms with Crippen molar-refractivity contribution in [1.29, 1.82) is 0 Å². The molecule has 1 aromatic heterocycles. The highest BCUT2D eigenvalue weighted by molar-refractivity contribution is 5.32. The van der Waals surface area contributed by atoms with Gasteiger partial charge >= 0.3 is 0 Å². The fourth-order valence-corrected chi connectivity index (χ4v) is 2.32. The smallest absolute Gasteiger partial charge is 0.108 e. The number of imidazole rings is 1. The number of benzene rings is 1. The zero-order valence-corrected chi connectivity index (χ0v) is 11.4. The van der Waals surface area contributed by atoms with E-state index in [0.717, 1.165) is 18.7 Å². The lowest BCUT2D eigenvalue weighted by molar-refractivity contribution is 0.618. The Morgan fingerprint density at radius 1 is 1.33 bits per heavy atom. The van der Waals surface area contributed by atoms with Crippen LogP contribution in [0.15, 0.2) is 30.6 Å². The largest absolute Gasteiger partial charge is 0.338 e. The average Bonchev–Trinajstić information content (AvgIpc) is 2.72. The van der Waals surface area contributed by atoms with Gasteiger partial charge < -0.3 is 10.3 Å². The minimum atomic E-state index is 0.0855. The van der Waals surface area contributed by atoms with E-state index >= 15 is 0 Å². The third-order valence-electron chi connectivity index (χ3n) is 3.42. The third-order valence-corrected chi connectivity index (χ3v) is 3.42. The van der Waals surface area contributed by atoms with Crippen LogP contribution in [0.5, 0.6) is 0 Å². The highest BCUT2D eigenvalue weighted by atomic mass is 15.0. The van der Waals surface area contributed by atoms with E-state index < -0.39 is 0 Å². The predicted molar refractivity (Wildman–Crippen MR) is 74.4 cm³/mol. The summed E-state index contributed by atoms with van der Waals surface area (Å²) in [4.78, 5) is 4.33. The summed E-state index contributed by atoms with van der Waals surface area (Å²) in [5.74, 6) is 1.09. The van der Waals surface area contributed by atoms with Gasteiger partial charge in [-0.1, -0.05) is 23.8 Å². The fraction of sp³-hybridized carbons (Fsp3) is 0.400. The molecule has 0 aliphatic carbocycles. The summed E-state index contributed by atoms with van der Waals surface area (Å²) < 4.78 is 2.05. The quantitative estimate of drug-likeness (QED) is 0.897. The number of aromatic nitrogens is 2. The van der Waals surface area contributed by atoms with Gasteiger partial charge in [-0.25, -0.2) is 4.98 Å². The van der Waals surface area contributed by atoms with Crippen LogP contribution in [0.1, 0.15) is 35.0 Å². The van der Waals surface area contributed by atoms with Gasteiger partial charge in [-0.2, -0.15) is 0 Å². The normalized spacial score (nSPS) is 12.7. The number of rotatable bonds is 4. The Hall–Kier alpha value is -1.61. The van der Waals surface area contributed by atoms with Crippen molar-refractivity contribution in [2.75, 3.05) is 0 Å². The Labute approximate surface area is 109 Å². The molecular formula is C15H21N3. The highest BCUT2D eigenvalue weighted by Crippen LogP contribution is 2.20. The molecule has 0 fully saturated rings. The second-order valence-corrected chi connectivity index (χ2v) is 4.96. The van der Waals surface area contributed by atoms with Crippen LogP contribution in [0.25, 0.3) is 0 Å². The SMILES string of the molecule is Cc1ccc(C(N)CCc2nccn2C)c(C)c1. The van der Waals surface area contributed by atoms with Gasteiger partial charge in [-0.15, -0.1) is 0 Å². The Morgan fingerprint density at radius 3 is 2.72 bits per heavy atom. The molecule has 0 aliphatic rings. The highest BCUT2D eigenvalue weighted by Gasteiger charge is 2.10. The molecule has 1 aromatic carbocycles. The first-order chi connectivity index (χ1) is 8.58. The average molecular weight is 243 g/mol. The van der Waals surface area contributed by atoms with E-state index in [1.54, 1.807) is 0 Å². The molecule has 18 heavy (non-hydrogen) atoms. The van der Waals surface area contributed by atoms with Crippen molar-refractivity contribution in [3.8, 4) is 0 Å². The van der Waals surface area contributed by atoms with Gasteiger partial charge in [-0.05, 0) is 31.4 Å². The molecular weight excluding hydrogens is 222 g/mol. The van der Waals surface area contributed by atoms with E-state index in [1.165, 1.54) is 16.7 Å². The van der Waals surface area contributed by atoms with Crippen molar-refractivity contribution in [2.45, 2.75) is 32.7 Å². The van der Waals surface area contributed by atoms with Crippen LogP contribution in [-0.4, -0.2) is 9.55 Å². The standard InChI is InChI=1S/C15H21N3/c1-11-4-5-13(12(2)10-11)14(16)6-7-15-17-8-9-18(15)3/h4-5,8-10,14H,6-7,16H2,1-3H3. The minimum Gasteiger partial charge on any atom is -0.338 e. The first kappa shape index (κ1) is 12.8. The Bertz CT molecular complexity index is 528. The molecule has 96 valence electrons. The molecule has 0 radical (unpaired) electrons. The Kier molecular flexibility index (Phi) is 3.82. The molecule has 2 N–H and O–H groups in total. The number of hydrogen-bond donors (Lipinski definition) is 1. The number of aryl methyl sites for hydroxylation is 4. The summed E-state index contributed by atoms with van der Waals surface area (Å²) >= 11 is 0. The van der Waals surface area contributed by atoms with E-state index in [4.69, 9.17) is 5.73 Å². The molecule has 0 amide bonds. The molecule has 1 unspecified atom stereocenters. The first-order valence-electron chi connectivity index (χ1n) is 6.37. The van der Waals surface area contributed by atoms with Crippen molar-refractivity contribution in [3.05, 3.63) is 53.1 Å². The molecule has 0 saturated heterocycles. The molecule has 1 atom stereocenters. The third kappa shape index (κ3) is 2.79. The van der Waals surface area contributed by atoms with E-state index in [9.17, 15) is 0 Å². The van der Waals surface area contributed by atoms with Crippen molar-refractivity contribution in [1.82, 2.24) is 9.55 Å². The summed E-state index contributed by atoms with van der Waals surface area (Å²) in [6.45, 7) is 4.24. The molecule has 0 aliphatic heterocycles. The van der Waals surface area contributed by atoms with E-state index in [-0.39, 0.29) is 6.04 Å². The molecule has 3 heteroatoms. The lowest BCUT2D eigenvalue weighted by Gasteiger charge is -2.15. The number of hydrogen-bond acceptors (Lipinski definition) is 2. The summed E-state index contributed by atoms with van der Waals surface area (Å²) in [5, 5.41) is 0. The van der Waals surface area contributed by atoms with Gasteiger partial charge in [0, 0.05) is 31.9 Å². The van der Waals surface area contributed by atoms with Crippen molar-refractivity contribution >= 4 is 0 Å². The Morgan fingerprint density at radius 2 is 2.11 bits per heavy atom. The number of nitrogens with zero attached hydrogens (tertiary/aromatic N) is 2. The van der Waals surface area contributed by atoms with Crippen molar-refractivity contribution < 1.29 is 0 Å². The van der Waals surface area contributed by atoms with Gasteiger partial charge in [-0.3, -0.25) is 0 Å². The van der Waals surface area contributed by atoms with Crippen LogP contribution in [0.2, 0.25) is 0 Å². The van der Waals surface area contributed by atoms with E-state index in [2.05, 4.69) is 41.6 Å². The number of nitrogens with two attached hydrogens (primary N) is 1. The maximum absolute atomic E-state index is 6.28. The summed E-state index contributed by atoms with van der Waals surface area (Å²) in [7, 11) is 2.02. The van der Waals surface area contributed by atoms with Gasteiger partial charge in [0.2, 0.25) is 0 Å². The monoisotopic (exact) mass is 243 g/mol. The molecule has 2 aromatic rings. The van der Waals surface area contributed by atoms with Crippen LogP contribution >= 0.6 is 0 Å². The zero-order valence-electron chi connectivity index (χ0n) is 11.4. The minimum absolute atomic E-state index is 0.0855. The van der Waals surface area contributed by atoms with Gasteiger partial charge in [0.05, 0.1) is 0 Å². The zero-order chi connectivity index (χ0) is 13.1. The maximum Gasteiger partial charge on any atom is 0.108 e. The lowest BCUT2D eigenvalue weighted by atomic mass is 9.96. The topological polar surface area (TPSA) is 43.8 Å². The van der Waals surface area contributed by atoms with Crippen molar-refractivity contribution in [3.63, 3.8) is 0 Å². The lowest BCUT2D eigenvalue weighted by Crippen LogP contribution is -2.14. The summed E-state index contributed by atoms with van der Waals surface area (Å²) in [5.41, 5.74) is 10.1. The van der Waals surface area contributed by atoms with Crippen molar-refractivity contribution in [2.24, 2.45) is 12.8 Å². The van der Waals surface area contributed by atoms with Crippen LogP contribution in [0.3, 0.4) is 0 Å². The fourth-order valence-electron chi connectivity index (χ4n) is 2.32. The molecule has 1 heterocycles. The molecule has 0 bridgehead atoms. The molecule has 3 nitrogen and oxygen atoms in total. The van der Waals surface area contributed by atoms with E-state index in [0.29, 0.717) is 0 Å². The van der Waals surface area contributed by atoms with Crippen LogP contribution in [-0.2, 0) is 13.5 Å². The van der Waals surface area contributed by atoms with Gasteiger partial charge in [0.25, 0.3) is 0 Å². The molecule has 2 rings (SSSR count). The Balaban J connectivity index is 2.03. The van der Waals surface area contributed by atoms with Gasteiger partial charge in [0.15, 0.2) is 0 Å². The summed E-state index contributed by atoms with van der Waals surface area (Å²) in [6, 6.07) is 6.55. The molecule has 0 saturated carbocycles. The van der Waals surface area contributed by atoms with Gasteiger partial charge in [0.1, 0.15) is 5.82 Å². The van der Waals surface area contributed by atoms with Crippen LogP contribution in [0, 0.1) is 13.8 Å². The molecule has 0 spiro atoms. The first-order valence-corrected chi connectivity index (χ1v) is 6.37. The second kappa shape index (κ2) is 5.36. The van der Waals surface area contributed by atoms with Crippen LogP contribution in [0.4, 0.5) is 0 Å².